The molecule has 0 fully saturated rings. The van der Waals surface area contributed by atoms with Gasteiger partial charge in [0.25, 0.3) is 5.56 Å². The maximum Gasteiger partial charge on any atom is 0.254 e. The highest BCUT2D eigenvalue weighted by atomic mass is 16.1. The molecule has 0 aliphatic rings. The topological polar surface area (TPSA) is 87.7 Å². The number of aryl methyl sites for hydroxylation is 1. The first-order chi connectivity index (χ1) is 11.0. The van der Waals surface area contributed by atoms with Crippen LogP contribution in [-0.2, 0) is 11.2 Å². The van der Waals surface area contributed by atoms with E-state index in [1.165, 1.54) is 0 Å². The summed E-state index contributed by atoms with van der Waals surface area (Å²) in [5.41, 5.74) is 1.82. The highest BCUT2D eigenvalue weighted by Gasteiger charge is 2.12. The van der Waals surface area contributed by atoms with Crippen molar-refractivity contribution in [1.82, 2.24) is 20.3 Å². The van der Waals surface area contributed by atoms with Crippen LogP contribution in [0, 0.1) is 6.92 Å². The minimum Gasteiger partial charge on any atom is -0.354 e. The van der Waals surface area contributed by atoms with E-state index < -0.39 is 0 Å². The first-order valence-corrected chi connectivity index (χ1v) is 7.80. The van der Waals surface area contributed by atoms with Crippen LogP contribution in [0.1, 0.15) is 37.9 Å². The molecule has 0 aromatic carbocycles. The monoisotopic (exact) mass is 314 g/mol. The van der Waals surface area contributed by atoms with E-state index in [0.717, 1.165) is 12.0 Å². The van der Waals surface area contributed by atoms with Gasteiger partial charge in [-0.05, 0) is 38.8 Å². The molecule has 0 saturated heterocycles. The number of rotatable bonds is 6. The Hall–Kier alpha value is -2.50. The van der Waals surface area contributed by atoms with Crippen molar-refractivity contribution in [3.05, 3.63) is 46.1 Å². The number of aromatic amines is 1. The van der Waals surface area contributed by atoms with Gasteiger partial charge in [-0.15, -0.1) is 0 Å². The normalized spacial score (nSPS) is 12.0. The van der Waals surface area contributed by atoms with Crippen LogP contribution in [0.4, 0.5) is 0 Å². The van der Waals surface area contributed by atoms with Gasteiger partial charge >= 0.3 is 0 Å². The molecule has 0 radical (unpaired) electrons. The number of pyridine rings is 1. The molecule has 0 bridgehead atoms. The van der Waals surface area contributed by atoms with E-state index in [9.17, 15) is 9.59 Å². The van der Waals surface area contributed by atoms with Gasteiger partial charge in [-0.1, -0.05) is 6.92 Å². The van der Waals surface area contributed by atoms with E-state index in [1.54, 1.807) is 31.5 Å². The summed E-state index contributed by atoms with van der Waals surface area (Å²) < 4.78 is 0. The highest BCUT2D eigenvalue weighted by molar-refractivity contribution is 5.76. The van der Waals surface area contributed by atoms with E-state index >= 15 is 0 Å². The number of nitrogens with one attached hydrogen (secondary N) is 2. The number of hydrogen-bond acceptors (Lipinski definition) is 4. The number of H-pyrrole nitrogens is 1. The molecule has 122 valence electrons. The van der Waals surface area contributed by atoms with Gasteiger partial charge in [0, 0.05) is 41.7 Å². The van der Waals surface area contributed by atoms with Gasteiger partial charge in [-0.3, -0.25) is 14.6 Å². The van der Waals surface area contributed by atoms with Crippen molar-refractivity contribution in [1.29, 1.82) is 0 Å². The summed E-state index contributed by atoms with van der Waals surface area (Å²) in [6.45, 7) is 5.77. The molecule has 2 aromatic rings. The maximum atomic E-state index is 12.3. The average Bonchev–Trinajstić information content (AvgIpc) is 2.54. The zero-order chi connectivity index (χ0) is 16.8. The lowest BCUT2D eigenvalue weighted by molar-refractivity contribution is -0.121. The Bertz CT molecular complexity index is 725. The smallest absolute Gasteiger partial charge is 0.254 e. The van der Waals surface area contributed by atoms with E-state index in [2.05, 4.69) is 20.3 Å². The summed E-state index contributed by atoms with van der Waals surface area (Å²) >= 11 is 0. The molecular weight excluding hydrogens is 292 g/mol. The second-order valence-electron chi connectivity index (χ2n) is 5.59. The van der Waals surface area contributed by atoms with Crippen molar-refractivity contribution in [3.8, 4) is 11.4 Å². The number of nitrogens with zero attached hydrogens (tertiary/aromatic N) is 2. The Kier molecular flexibility index (Phi) is 5.62. The van der Waals surface area contributed by atoms with Crippen LogP contribution in [0.15, 0.2) is 29.3 Å². The number of aromatic nitrogens is 3. The van der Waals surface area contributed by atoms with Crippen molar-refractivity contribution in [3.63, 3.8) is 0 Å². The fourth-order valence-corrected chi connectivity index (χ4v) is 2.24. The zero-order valence-corrected chi connectivity index (χ0v) is 13.7. The molecule has 0 spiro atoms. The van der Waals surface area contributed by atoms with Crippen LogP contribution in [-0.4, -0.2) is 26.9 Å². The van der Waals surface area contributed by atoms with Gasteiger partial charge in [0.1, 0.15) is 5.82 Å². The van der Waals surface area contributed by atoms with Crippen molar-refractivity contribution in [2.75, 3.05) is 0 Å². The number of carbonyl (C=O) groups is 1. The molecule has 2 N–H and O–H groups in total. The van der Waals surface area contributed by atoms with Gasteiger partial charge in [-0.25, -0.2) is 4.98 Å². The second kappa shape index (κ2) is 7.67. The summed E-state index contributed by atoms with van der Waals surface area (Å²) in [4.78, 5) is 35.3. The quantitative estimate of drug-likeness (QED) is 0.853. The van der Waals surface area contributed by atoms with Crippen molar-refractivity contribution >= 4 is 5.91 Å². The van der Waals surface area contributed by atoms with Crippen molar-refractivity contribution in [2.45, 2.75) is 46.1 Å². The van der Waals surface area contributed by atoms with Crippen molar-refractivity contribution in [2.24, 2.45) is 0 Å². The lowest BCUT2D eigenvalue weighted by Gasteiger charge is -2.11. The van der Waals surface area contributed by atoms with Crippen molar-refractivity contribution < 1.29 is 4.79 Å². The van der Waals surface area contributed by atoms with Crippen LogP contribution in [0.2, 0.25) is 0 Å². The third-order valence-electron chi connectivity index (χ3n) is 3.80. The third-order valence-corrected chi connectivity index (χ3v) is 3.80. The summed E-state index contributed by atoms with van der Waals surface area (Å²) in [6.07, 6.45) is 4.85. The molecule has 1 atom stereocenters. The third kappa shape index (κ3) is 4.48. The molecule has 2 rings (SSSR count). The van der Waals surface area contributed by atoms with Gasteiger partial charge in [0.2, 0.25) is 5.91 Å². The lowest BCUT2D eigenvalue weighted by Crippen LogP contribution is -2.32. The fraction of sp³-hybridized carbons (Fsp3) is 0.412. The zero-order valence-electron chi connectivity index (χ0n) is 13.7. The molecule has 2 aromatic heterocycles. The number of hydrogen-bond donors (Lipinski definition) is 2. The standard InChI is InChI=1S/C17H22N4O2/c1-4-11(2)19-15(22)6-5-14-12(3)20-16(21-17(14)23)13-7-9-18-10-8-13/h7-11H,4-6H2,1-3H3,(H,19,22)(H,20,21,23). The Morgan fingerprint density at radius 1 is 1.35 bits per heavy atom. The van der Waals surface area contributed by atoms with Crippen LogP contribution < -0.4 is 10.9 Å². The SMILES string of the molecule is CCC(C)NC(=O)CCc1c(C)nc(-c2ccncc2)[nH]c1=O. The van der Waals surface area contributed by atoms with E-state index in [0.29, 0.717) is 23.5 Å². The molecule has 0 saturated carbocycles. The Morgan fingerprint density at radius 2 is 2.04 bits per heavy atom. The van der Waals surface area contributed by atoms with Crippen LogP contribution in [0.5, 0.6) is 0 Å². The molecule has 2 heterocycles. The predicted molar refractivity (Wildman–Crippen MR) is 89.0 cm³/mol. The minimum absolute atomic E-state index is 0.0450. The summed E-state index contributed by atoms with van der Waals surface area (Å²) in [7, 11) is 0. The molecule has 23 heavy (non-hydrogen) atoms. The maximum absolute atomic E-state index is 12.3. The Morgan fingerprint density at radius 3 is 2.65 bits per heavy atom. The molecule has 1 amide bonds. The molecular formula is C17H22N4O2. The predicted octanol–water partition coefficient (Wildman–Crippen LogP) is 1.99. The van der Waals surface area contributed by atoms with Gasteiger partial charge in [0.15, 0.2) is 0 Å². The number of amides is 1. The molecule has 1 unspecified atom stereocenters. The second-order valence-corrected chi connectivity index (χ2v) is 5.59. The largest absolute Gasteiger partial charge is 0.354 e. The summed E-state index contributed by atoms with van der Waals surface area (Å²) in [5, 5.41) is 2.90. The average molecular weight is 314 g/mol. The molecule has 0 aliphatic carbocycles. The van der Waals surface area contributed by atoms with E-state index in [4.69, 9.17) is 0 Å². The van der Waals surface area contributed by atoms with E-state index in [-0.39, 0.29) is 23.9 Å². The minimum atomic E-state index is -0.194. The van der Waals surface area contributed by atoms with Gasteiger partial charge in [0.05, 0.1) is 0 Å². The lowest BCUT2D eigenvalue weighted by atomic mass is 10.1. The van der Waals surface area contributed by atoms with E-state index in [1.807, 2.05) is 13.8 Å². The van der Waals surface area contributed by atoms with Crippen LogP contribution >= 0.6 is 0 Å². The molecule has 6 heteroatoms. The van der Waals surface area contributed by atoms with Crippen LogP contribution in [0.25, 0.3) is 11.4 Å². The number of carbonyl (C=O) groups excluding carboxylic acids is 1. The fourth-order valence-electron chi connectivity index (χ4n) is 2.24. The van der Waals surface area contributed by atoms with Gasteiger partial charge in [-0.2, -0.15) is 0 Å². The first-order valence-electron chi connectivity index (χ1n) is 7.80. The summed E-state index contributed by atoms with van der Waals surface area (Å²) in [5.74, 6) is 0.471. The molecule has 0 aliphatic heterocycles. The van der Waals surface area contributed by atoms with Crippen LogP contribution in [0.3, 0.4) is 0 Å². The highest BCUT2D eigenvalue weighted by Crippen LogP contribution is 2.13. The first kappa shape index (κ1) is 16.9. The Balaban J connectivity index is 2.12. The Labute approximate surface area is 135 Å². The van der Waals surface area contributed by atoms with Gasteiger partial charge < -0.3 is 10.3 Å². The molecule has 6 nitrogen and oxygen atoms in total. The summed E-state index contributed by atoms with van der Waals surface area (Å²) in [6, 6.07) is 3.72.